The zero-order valence-corrected chi connectivity index (χ0v) is 17.1. The summed E-state index contributed by atoms with van der Waals surface area (Å²) in [5, 5.41) is 16.9. The van der Waals surface area contributed by atoms with Crippen LogP contribution in [-0.2, 0) is 6.42 Å². The highest BCUT2D eigenvalue weighted by atomic mass is 16.3. The Labute approximate surface area is 180 Å². The molecule has 0 aromatic heterocycles. The van der Waals surface area contributed by atoms with Gasteiger partial charge in [0, 0.05) is 22.4 Å². The minimum absolute atomic E-state index is 0.106. The van der Waals surface area contributed by atoms with Gasteiger partial charge in [0.2, 0.25) is 0 Å². The molecule has 0 fully saturated rings. The van der Waals surface area contributed by atoms with Crippen LogP contribution in [0.2, 0.25) is 0 Å². The summed E-state index contributed by atoms with van der Waals surface area (Å²) in [4.78, 5) is 24.6. The smallest absolute Gasteiger partial charge is 0.271 e. The van der Waals surface area contributed by atoms with Crippen LogP contribution in [0.4, 0.5) is 5.69 Å². The minimum Gasteiger partial charge on any atom is -0.507 e. The van der Waals surface area contributed by atoms with Crippen LogP contribution in [0.15, 0.2) is 84.5 Å². The van der Waals surface area contributed by atoms with Crippen LogP contribution in [0.25, 0.3) is 0 Å². The predicted molar refractivity (Wildman–Crippen MR) is 123 cm³/mol. The van der Waals surface area contributed by atoms with Crippen molar-refractivity contribution in [3.05, 3.63) is 107 Å². The van der Waals surface area contributed by atoms with Gasteiger partial charge in [-0.2, -0.15) is 5.10 Å². The van der Waals surface area contributed by atoms with Gasteiger partial charge in [0.1, 0.15) is 5.75 Å². The number of nitrogens with one attached hydrogen (secondary N) is 2. The fourth-order valence-corrected chi connectivity index (χ4v) is 2.87. The third-order valence-corrected chi connectivity index (χ3v) is 4.60. The second-order valence-corrected chi connectivity index (χ2v) is 6.94. The molecule has 31 heavy (non-hydrogen) atoms. The van der Waals surface area contributed by atoms with Crippen LogP contribution < -0.4 is 10.7 Å². The SMILES string of the molecule is C=CCc1cccc(C=NNC(=O)c2ccc(NC(=O)c3ccc(C)cc3)cc2)c1O. The number of carbonyl (C=O) groups is 2. The maximum absolute atomic E-state index is 12.3. The zero-order valence-electron chi connectivity index (χ0n) is 17.1. The van der Waals surface area contributed by atoms with Gasteiger partial charge in [-0.3, -0.25) is 9.59 Å². The number of aromatic hydroxyl groups is 1. The fraction of sp³-hybridized carbons (Fsp3) is 0.0800. The van der Waals surface area contributed by atoms with Crippen LogP contribution >= 0.6 is 0 Å². The number of aryl methyl sites for hydroxylation is 1. The Balaban J connectivity index is 1.60. The number of rotatable bonds is 7. The predicted octanol–water partition coefficient (Wildman–Crippen LogP) is 4.45. The summed E-state index contributed by atoms with van der Waals surface area (Å²) in [5.41, 5.74) is 6.25. The van der Waals surface area contributed by atoms with Gasteiger partial charge < -0.3 is 10.4 Å². The van der Waals surface area contributed by atoms with Gasteiger partial charge in [0.15, 0.2) is 0 Å². The number of carbonyl (C=O) groups excluding carboxylic acids is 2. The molecule has 0 saturated carbocycles. The molecule has 0 heterocycles. The molecule has 3 aromatic carbocycles. The van der Waals surface area contributed by atoms with E-state index in [0.717, 1.165) is 11.1 Å². The number of hydrogen-bond donors (Lipinski definition) is 3. The summed E-state index contributed by atoms with van der Waals surface area (Å²) in [6.07, 6.45) is 3.62. The maximum atomic E-state index is 12.3. The first kappa shape index (κ1) is 21.5. The van der Waals surface area contributed by atoms with Crippen molar-refractivity contribution in [1.29, 1.82) is 0 Å². The first-order valence-corrected chi connectivity index (χ1v) is 9.71. The van der Waals surface area contributed by atoms with Gasteiger partial charge in [0.05, 0.1) is 6.21 Å². The van der Waals surface area contributed by atoms with Gasteiger partial charge >= 0.3 is 0 Å². The Kier molecular flexibility index (Phi) is 6.96. The van der Waals surface area contributed by atoms with Crippen LogP contribution in [-0.4, -0.2) is 23.1 Å². The molecule has 2 amide bonds. The zero-order chi connectivity index (χ0) is 22.2. The maximum Gasteiger partial charge on any atom is 0.271 e. The quantitative estimate of drug-likeness (QED) is 0.304. The first-order valence-electron chi connectivity index (χ1n) is 9.71. The number of hydrogen-bond acceptors (Lipinski definition) is 4. The van der Waals surface area contributed by atoms with Crippen molar-refractivity contribution >= 4 is 23.7 Å². The number of benzene rings is 3. The first-order chi connectivity index (χ1) is 15.0. The number of anilines is 1. The van der Waals surface area contributed by atoms with Crippen LogP contribution in [0.1, 0.15) is 37.4 Å². The lowest BCUT2D eigenvalue weighted by atomic mass is 10.1. The molecule has 156 valence electrons. The number of hydrazone groups is 1. The largest absolute Gasteiger partial charge is 0.507 e. The molecule has 0 atom stereocenters. The second-order valence-electron chi connectivity index (χ2n) is 6.94. The van der Waals surface area contributed by atoms with E-state index >= 15 is 0 Å². The molecule has 6 heteroatoms. The summed E-state index contributed by atoms with van der Waals surface area (Å²) in [6, 6.07) is 19.0. The third kappa shape index (κ3) is 5.67. The number of amides is 2. The number of phenols is 1. The lowest BCUT2D eigenvalue weighted by Crippen LogP contribution is -2.18. The summed E-state index contributed by atoms with van der Waals surface area (Å²) >= 11 is 0. The summed E-state index contributed by atoms with van der Waals surface area (Å²) < 4.78 is 0. The van der Waals surface area contributed by atoms with E-state index in [4.69, 9.17) is 0 Å². The molecule has 3 aromatic rings. The molecule has 0 saturated heterocycles. The van der Waals surface area contributed by atoms with E-state index < -0.39 is 5.91 Å². The van der Waals surface area contributed by atoms with Crippen molar-refractivity contribution in [2.75, 3.05) is 5.32 Å². The van der Waals surface area contributed by atoms with Crippen molar-refractivity contribution in [1.82, 2.24) is 5.43 Å². The molecule has 3 rings (SSSR count). The fourth-order valence-electron chi connectivity index (χ4n) is 2.87. The molecule has 0 aliphatic carbocycles. The van der Waals surface area contributed by atoms with Crippen LogP contribution in [0.3, 0.4) is 0 Å². The van der Waals surface area contributed by atoms with Gasteiger partial charge in [-0.25, -0.2) is 5.43 Å². The molecular formula is C25H23N3O3. The average molecular weight is 413 g/mol. The summed E-state index contributed by atoms with van der Waals surface area (Å²) in [7, 11) is 0. The topological polar surface area (TPSA) is 90.8 Å². The normalized spacial score (nSPS) is 10.6. The Morgan fingerprint density at radius 3 is 2.29 bits per heavy atom. The van der Waals surface area contributed by atoms with Gasteiger partial charge in [0.25, 0.3) is 11.8 Å². The number of para-hydroxylation sites is 1. The molecular weight excluding hydrogens is 390 g/mol. The van der Waals surface area contributed by atoms with Gasteiger partial charge in [-0.1, -0.05) is 35.9 Å². The average Bonchev–Trinajstić information content (AvgIpc) is 2.77. The molecule has 6 nitrogen and oxygen atoms in total. The monoisotopic (exact) mass is 413 g/mol. The second kappa shape index (κ2) is 10.0. The third-order valence-electron chi connectivity index (χ3n) is 4.60. The van der Waals surface area contributed by atoms with Crippen LogP contribution in [0, 0.1) is 6.92 Å². The number of phenolic OH excluding ortho intramolecular Hbond substituents is 1. The Bertz CT molecular complexity index is 1120. The van der Waals surface area contributed by atoms with Crippen molar-refractivity contribution in [3.63, 3.8) is 0 Å². The highest BCUT2D eigenvalue weighted by Gasteiger charge is 2.08. The molecule has 0 bridgehead atoms. The summed E-state index contributed by atoms with van der Waals surface area (Å²) in [5.74, 6) is -0.524. The number of nitrogens with zero attached hydrogens (tertiary/aromatic N) is 1. The van der Waals surface area contributed by atoms with E-state index in [2.05, 4.69) is 22.4 Å². The van der Waals surface area contributed by atoms with Crippen molar-refractivity contribution < 1.29 is 14.7 Å². The lowest BCUT2D eigenvalue weighted by molar-refractivity contribution is 0.0954. The highest BCUT2D eigenvalue weighted by molar-refractivity contribution is 6.04. The van der Waals surface area contributed by atoms with E-state index in [-0.39, 0.29) is 11.7 Å². The molecule has 0 spiro atoms. The molecule has 0 aliphatic rings. The van der Waals surface area contributed by atoms with Crippen molar-refractivity contribution in [3.8, 4) is 5.75 Å². The van der Waals surface area contributed by atoms with E-state index in [1.54, 1.807) is 60.7 Å². The Morgan fingerprint density at radius 2 is 1.61 bits per heavy atom. The standard InChI is InChI=1S/C25H23N3O3/c1-3-5-18-6-4-7-21(23(18)29)16-26-28-25(31)20-12-14-22(15-13-20)27-24(30)19-10-8-17(2)9-11-19/h3-4,6-16,29H,1,5H2,2H3,(H,27,30)(H,28,31). The summed E-state index contributed by atoms with van der Waals surface area (Å²) in [6.45, 7) is 5.62. The van der Waals surface area contributed by atoms with Crippen molar-refractivity contribution in [2.45, 2.75) is 13.3 Å². The Morgan fingerprint density at radius 1 is 0.968 bits per heavy atom. The van der Waals surface area contributed by atoms with Gasteiger partial charge in [-0.05, 0) is 61.4 Å². The number of allylic oxidation sites excluding steroid dienone is 1. The molecule has 3 N–H and O–H groups in total. The molecule has 0 aliphatic heterocycles. The minimum atomic E-state index is -0.408. The van der Waals surface area contributed by atoms with E-state index in [1.807, 2.05) is 19.1 Å². The van der Waals surface area contributed by atoms with Gasteiger partial charge in [-0.15, -0.1) is 6.58 Å². The lowest BCUT2D eigenvalue weighted by Gasteiger charge is -2.07. The molecule has 0 radical (unpaired) electrons. The van der Waals surface area contributed by atoms with E-state index in [9.17, 15) is 14.7 Å². The molecule has 0 unspecified atom stereocenters. The van der Waals surface area contributed by atoms with E-state index in [0.29, 0.717) is 28.8 Å². The Hall–Kier alpha value is -4.19. The van der Waals surface area contributed by atoms with Crippen molar-refractivity contribution in [2.24, 2.45) is 5.10 Å². The highest BCUT2D eigenvalue weighted by Crippen LogP contribution is 2.21. The van der Waals surface area contributed by atoms with E-state index in [1.165, 1.54) is 6.21 Å². The van der Waals surface area contributed by atoms with Crippen LogP contribution in [0.5, 0.6) is 5.75 Å².